The quantitative estimate of drug-likeness (QED) is 0.651. The number of amides is 1. The summed E-state index contributed by atoms with van der Waals surface area (Å²) in [5.74, 6) is -0.0379. The number of methoxy groups -OCH3 is 2. The summed E-state index contributed by atoms with van der Waals surface area (Å²) in [6.07, 6.45) is 0.641. The van der Waals surface area contributed by atoms with Crippen LogP contribution in [0.4, 0.5) is 0 Å². The molecule has 0 aliphatic rings. The SMILES string of the molecule is CCC(N)C(=O)N(CCOC)C(C)COC. The Kier molecular flexibility index (Phi) is 8.15. The first-order valence-electron chi connectivity index (χ1n) is 5.62. The summed E-state index contributed by atoms with van der Waals surface area (Å²) >= 11 is 0. The zero-order valence-corrected chi connectivity index (χ0v) is 10.7. The van der Waals surface area contributed by atoms with Crippen LogP contribution in [0.25, 0.3) is 0 Å². The number of carbonyl (C=O) groups excluding carboxylic acids is 1. The van der Waals surface area contributed by atoms with Crippen LogP contribution in [-0.4, -0.2) is 56.9 Å². The van der Waals surface area contributed by atoms with E-state index >= 15 is 0 Å². The molecule has 0 aromatic rings. The molecule has 0 saturated heterocycles. The number of rotatable bonds is 8. The van der Waals surface area contributed by atoms with E-state index in [4.69, 9.17) is 15.2 Å². The molecule has 2 N–H and O–H groups in total. The van der Waals surface area contributed by atoms with E-state index in [-0.39, 0.29) is 11.9 Å². The van der Waals surface area contributed by atoms with Crippen LogP contribution < -0.4 is 5.73 Å². The lowest BCUT2D eigenvalue weighted by Gasteiger charge is -2.30. The Morgan fingerprint density at radius 2 is 2.00 bits per heavy atom. The summed E-state index contributed by atoms with van der Waals surface area (Å²) in [6, 6.07) is -0.415. The van der Waals surface area contributed by atoms with E-state index in [0.717, 1.165) is 0 Å². The maximum absolute atomic E-state index is 12.0. The molecule has 0 radical (unpaired) electrons. The van der Waals surface area contributed by atoms with E-state index in [1.807, 2.05) is 13.8 Å². The molecule has 0 spiro atoms. The lowest BCUT2D eigenvalue weighted by atomic mass is 10.2. The average molecular weight is 232 g/mol. The van der Waals surface area contributed by atoms with Gasteiger partial charge < -0.3 is 20.1 Å². The highest BCUT2D eigenvalue weighted by Crippen LogP contribution is 2.04. The van der Waals surface area contributed by atoms with Gasteiger partial charge in [-0.15, -0.1) is 0 Å². The second-order valence-corrected chi connectivity index (χ2v) is 3.84. The Balaban J connectivity index is 4.45. The number of ether oxygens (including phenoxy) is 2. The Bertz CT molecular complexity index is 200. The third-order valence-electron chi connectivity index (χ3n) is 2.52. The van der Waals surface area contributed by atoms with Crippen molar-refractivity contribution in [2.24, 2.45) is 5.73 Å². The summed E-state index contributed by atoms with van der Waals surface area (Å²) in [4.78, 5) is 13.7. The minimum Gasteiger partial charge on any atom is -0.383 e. The van der Waals surface area contributed by atoms with Crippen LogP contribution >= 0.6 is 0 Å². The molecule has 0 aromatic carbocycles. The number of nitrogens with two attached hydrogens (primary N) is 1. The van der Waals surface area contributed by atoms with E-state index in [1.165, 1.54) is 0 Å². The highest BCUT2D eigenvalue weighted by Gasteiger charge is 2.23. The molecule has 1 amide bonds. The number of nitrogens with zero attached hydrogens (tertiary/aromatic N) is 1. The third-order valence-corrected chi connectivity index (χ3v) is 2.52. The van der Waals surface area contributed by atoms with Gasteiger partial charge in [-0.3, -0.25) is 4.79 Å². The molecule has 5 nitrogen and oxygen atoms in total. The van der Waals surface area contributed by atoms with Crippen molar-refractivity contribution >= 4 is 5.91 Å². The number of hydrogen-bond acceptors (Lipinski definition) is 4. The largest absolute Gasteiger partial charge is 0.383 e. The van der Waals surface area contributed by atoms with Crippen LogP contribution in [0.1, 0.15) is 20.3 Å². The predicted molar refractivity (Wildman–Crippen MR) is 63.2 cm³/mol. The van der Waals surface area contributed by atoms with Gasteiger partial charge in [0.25, 0.3) is 0 Å². The fraction of sp³-hybridized carbons (Fsp3) is 0.909. The van der Waals surface area contributed by atoms with Gasteiger partial charge in [0.2, 0.25) is 5.91 Å². The monoisotopic (exact) mass is 232 g/mol. The van der Waals surface area contributed by atoms with Gasteiger partial charge in [0, 0.05) is 20.8 Å². The fourth-order valence-electron chi connectivity index (χ4n) is 1.46. The smallest absolute Gasteiger partial charge is 0.239 e. The van der Waals surface area contributed by atoms with Gasteiger partial charge in [-0.25, -0.2) is 0 Å². The minimum atomic E-state index is -0.434. The van der Waals surface area contributed by atoms with Gasteiger partial charge in [-0.1, -0.05) is 6.92 Å². The van der Waals surface area contributed by atoms with Crippen LogP contribution in [0.15, 0.2) is 0 Å². The molecular weight excluding hydrogens is 208 g/mol. The van der Waals surface area contributed by atoms with Crippen LogP contribution in [0, 0.1) is 0 Å². The molecule has 16 heavy (non-hydrogen) atoms. The van der Waals surface area contributed by atoms with Crippen molar-refractivity contribution in [2.45, 2.75) is 32.4 Å². The van der Waals surface area contributed by atoms with E-state index in [2.05, 4.69) is 0 Å². The van der Waals surface area contributed by atoms with Gasteiger partial charge in [-0.2, -0.15) is 0 Å². The molecule has 0 aromatic heterocycles. The van der Waals surface area contributed by atoms with Gasteiger partial charge in [0.05, 0.1) is 25.3 Å². The first-order chi connectivity index (χ1) is 7.58. The van der Waals surface area contributed by atoms with Crippen LogP contribution in [0.2, 0.25) is 0 Å². The van der Waals surface area contributed by atoms with E-state index in [0.29, 0.717) is 26.2 Å². The average Bonchev–Trinajstić information content (AvgIpc) is 2.28. The maximum atomic E-state index is 12.0. The Morgan fingerprint density at radius 3 is 2.44 bits per heavy atom. The summed E-state index contributed by atoms with van der Waals surface area (Å²) < 4.78 is 10.0. The van der Waals surface area contributed by atoms with Crippen LogP contribution in [0.5, 0.6) is 0 Å². The minimum absolute atomic E-state index is 0.0187. The highest BCUT2D eigenvalue weighted by atomic mass is 16.5. The lowest BCUT2D eigenvalue weighted by Crippen LogP contribution is -2.50. The standard InChI is InChI=1S/C11H24N2O3/c1-5-10(12)11(14)13(6-7-15-3)9(2)8-16-4/h9-10H,5-8,12H2,1-4H3. The molecule has 0 bridgehead atoms. The first-order valence-corrected chi connectivity index (χ1v) is 5.62. The van der Waals surface area contributed by atoms with E-state index < -0.39 is 6.04 Å². The molecule has 0 rings (SSSR count). The first kappa shape index (κ1) is 15.3. The molecule has 0 heterocycles. The van der Waals surface area contributed by atoms with Crippen molar-refractivity contribution in [3.8, 4) is 0 Å². The Morgan fingerprint density at radius 1 is 1.38 bits per heavy atom. The second-order valence-electron chi connectivity index (χ2n) is 3.84. The highest BCUT2D eigenvalue weighted by molar-refractivity contribution is 5.81. The zero-order valence-electron chi connectivity index (χ0n) is 10.7. The lowest BCUT2D eigenvalue weighted by molar-refractivity contribution is -0.136. The van der Waals surface area contributed by atoms with Crippen molar-refractivity contribution in [1.29, 1.82) is 0 Å². The van der Waals surface area contributed by atoms with Crippen LogP contribution in [-0.2, 0) is 14.3 Å². The molecule has 96 valence electrons. The van der Waals surface area contributed by atoms with Crippen molar-refractivity contribution in [2.75, 3.05) is 34.0 Å². The zero-order chi connectivity index (χ0) is 12.6. The summed E-state index contributed by atoms with van der Waals surface area (Å²) in [7, 11) is 3.23. The molecular formula is C11H24N2O3. The van der Waals surface area contributed by atoms with E-state index in [9.17, 15) is 4.79 Å². The Labute approximate surface area is 97.9 Å². The molecule has 2 unspecified atom stereocenters. The van der Waals surface area contributed by atoms with Gasteiger partial charge in [0.15, 0.2) is 0 Å². The number of carbonyl (C=O) groups is 1. The molecule has 5 heteroatoms. The summed E-state index contributed by atoms with van der Waals surface area (Å²) in [5, 5.41) is 0. The molecule has 0 saturated carbocycles. The predicted octanol–water partition coefficient (Wildman–Crippen LogP) is 0.234. The topological polar surface area (TPSA) is 64.8 Å². The summed E-state index contributed by atoms with van der Waals surface area (Å²) in [5.41, 5.74) is 5.75. The van der Waals surface area contributed by atoms with Crippen molar-refractivity contribution in [1.82, 2.24) is 4.90 Å². The maximum Gasteiger partial charge on any atom is 0.239 e. The van der Waals surface area contributed by atoms with Crippen molar-refractivity contribution in [3.63, 3.8) is 0 Å². The third kappa shape index (κ3) is 4.92. The second kappa shape index (κ2) is 8.50. The van der Waals surface area contributed by atoms with E-state index in [1.54, 1.807) is 19.1 Å². The molecule has 0 fully saturated rings. The van der Waals surface area contributed by atoms with Gasteiger partial charge >= 0.3 is 0 Å². The molecule has 0 aliphatic carbocycles. The Hall–Kier alpha value is -0.650. The van der Waals surface area contributed by atoms with Gasteiger partial charge in [-0.05, 0) is 13.3 Å². The van der Waals surface area contributed by atoms with Crippen molar-refractivity contribution in [3.05, 3.63) is 0 Å². The van der Waals surface area contributed by atoms with Crippen molar-refractivity contribution < 1.29 is 14.3 Å². The number of hydrogen-bond donors (Lipinski definition) is 1. The summed E-state index contributed by atoms with van der Waals surface area (Å²) in [6.45, 7) is 5.41. The molecule has 2 atom stereocenters. The fourth-order valence-corrected chi connectivity index (χ4v) is 1.46. The van der Waals surface area contributed by atoms with Crippen LogP contribution in [0.3, 0.4) is 0 Å². The normalized spacial score (nSPS) is 14.6. The molecule has 0 aliphatic heterocycles. The van der Waals surface area contributed by atoms with Gasteiger partial charge in [0.1, 0.15) is 0 Å².